The van der Waals surface area contributed by atoms with Crippen LogP contribution in [-0.4, -0.2) is 21.0 Å². The number of aromatic nitrogens is 2. The van der Waals surface area contributed by atoms with Crippen molar-refractivity contribution < 1.29 is 0 Å². The second kappa shape index (κ2) is 5.82. The van der Waals surface area contributed by atoms with Crippen LogP contribution in [-0.2, 0) is 0 Å². The molecule has 0 aromatic carbocycles. The molecular formula is C14H22N4S. The van der Waals surface area contributed by atoms with E-state index in [9.17, 15) is 0 Å². The Morgan fingerprint density at radius 2 is 2.21 bits per heavy atom. The van der Waals surface area contributed by atoms with E-state index in [2.05, 4.69) is 29.1 Å². The number of nitrogens with one attached hydrogen (secondary N) is 1. The maximum atomic E-state index is 5.64. The Bertz CT molecular complexity index is 475. The maximum Gasteiger partial charge on any atom is 0.223 e. The van der Waals surface area contributed by atoms with Crippen LogP contribution in [0.4, 0.5) is 5.95 Å². The molecule has 0 radical (unpaired) electrons. The number of nitrogens with zero attached hydrogens (tertiary/aromatic N) is 2. The fraction of sp³-hybridized carbons (Fsp3) is 0.643. The first-order valence-electron chi connectivity index (χ1n) is 6.93. The summed E-state index contributed by atoms with van der Waals surface area (Å²) >= 11 is 4.98. The SMILES string of the molecule is CCC1CCC(Nc2nc(C)cc(C(N)=S)n2)C1C. The number of nitrogens with two attached hydrogens (primary N) is 1. The third-order valence-corrected chi connectivity index (χ3v) is 4.38. The van der Waals surface area contributed by atoms with Gasteiger partial charge >= 0.3 is 0 Å². The van der Waals surface area contributed by atoms with Gasteiger partial charge in [0.1, 0.15) is 10.7 Å². The first-order chi connectivity index (χ1) is 9.01. The molecular weight excluding hydrogens is 256 g/mol. The molecule has 4 nitrogen and oxygen atoms in total. The molecule has 3 atom stereocenters. The predicted molar refractivity (Wildman–Crippen MR) is 82.2 cm³/mol. The summed E-state index contributed by atoms with van der Waals surface area (Å²) in [5, 5.41) is 3.45. The molecule has 1 fully saturated rings. The molecule has 0 spiro atoms. The van der Waals surface area contributed by atoms with Gasteiger partial charge in [-0.15, -0.1) is 0 Å². The summed E-state index contributed by atoms with van der Waals surface area (Å²) in [6, 6.07) is 2.27. The molecule has 1 aliphatic carbocycles. The van der Waals surface area contributed by atoms with Crippen molar-refractivity contribution in [2.24, 2.45) is 17.6 Å². The largest absolute Gasteiger partial charge is 0.388 e. The number of anilines is 1. The highest BCUT2D eigenvalue weighted by atomic mass is 32.1. The van der Waals surface area contributed by atoms with Gasteiger partial charge in [0.25, 0.3) is 0 Å². The van der Waals surface area contributed by atoms with Crippen molar-refractivity contribution in [2.45, 2.75) is 46.1 Å². The van der Waals surface area contributed by atoms with Gasteiger partial charge < -0.3 is 11.1 Å². The van der Waals surface area contributed by atoms with Crippen molar-refractivity contribution in [1.29, 1.82) is 0 Å². The minimum atomic E-state index is 0.319. The van der Waals surface area contributed by atoms with Gasteiger partial charge in [-0.3, -0.25) is 0 Å². The van der Waals surface area contributed by atoms with Crippen LogP contribution in [0.15, 0.2) is 6.07 Å². The first-order valence-corrected chi connectivity index (χ1v) is 7.34. The molecule has 104 valence electrons. The predicted octanol–water partition coefficient (Wildman–Crippen LogP) is 2.66. The summed E-state index contributed by atoms with van der Waals surface area (Å²) in [5.74, 6) is 2.11. The fourth-order valence-corrected chi connectivity index (χ4v) is 3.06. The van der Waals surface area contributed by atoms with Crippen LogP contribution in [0.2, 0.25) is 0 Å². The number of rotatable bonds is 4. The maximum absolute atomic E-state index is 5.64. The minimum Gasteiger partial charge on any atom is -0.388 e. The Balaban J connectivity index is 2.13. The molecule has 0 amide bonds. The van der Waals surface area contributed by atoms with Gasteiger partial charge in [-0.25, -0.2) is 9.97 Å². The summed E-state index contributed by atoms with van der Waals surface area (Å²) in [5.41, 5.74) is 7.17. The van der Waals surface area contributed by atoms with Gasteiger partial charge in [-0.1, -0.05) is 32.5 Å². The highest BCUT2D eigenvalue weighted by Gasteiger charge is 2.31. The van der Waals surface area contributed by atoms with Crippen molar-refractivity contribution in [3.8, 4) is 0 Å². The molecule has 1 heterocycles. The van der Waals surface area contributed by atoms with Crippen LogP contribution < -0.4 is 11.1 Å². The summed E-state index contributed by atoms with van der Waals surface area (Å²) in [7, 11) is 0. The molecule has 19 heavy (non-hydrogen) atoms. The fourth-order valence-electron chi connectivity index (χ4n) is 2.95. The lowest BCUT2D eigenvalue weighted by Gasteiger charge is -2.21. The van der Waals surface area contributed by atoms with Crippen molar-refractivity contribution >= 4 is 23.2 Å². The Morgan fingerprint density at radius 1 is 1.47 bits per heavy atom. The van der Waals surface area contributed by atoms with E-state index in [1.54, 1.807) is 0 Å². The van der Waals surface area contributed by atoms with Gasteiger partial charge in [0.2, 0.25) is 5.95 Å². The van der Waals surface area contributed by atoms with Crippen LogP contribution in [0.1, 0.15) is 44.5 Å². The zero-order chi connectivity index (χ0) is 14.0. The van der Waals surface area contributed by atoms with Crippen LogP contribution in [0.25, 0.3) is 0 Å². The lowest BCUT2D eigenvalue weighted by molar-refractivity contribution is 0.391. The molecule has 2 rings (SSSR count). The second-order valence-corrected chi connectivity index (χ2v) is 5.88. The standard InChI is InChI=1S/C14H22N4S/c1-4-10-5-6-11(9(10)3)17-14-16-8(2)7-12(18-14)13(15)19/h7,9-11H,4-6H2,1-3H3,(H2,15,19)(H,16,17,18). The smallest absolute Gasteiger partial charge is 0.223 e. The van der Waals surface area contributed by atoms with Crippen molar-refractivity contribution in [2.75, 3.05) is 5.32 Å². The Kier molecular flexibility index (Phi) is 4.34. The van der Waals surface area contributed by atoms with Crippen LogP contribution in [0.3, 0.4) is 0 Å². The minimum absolute atomic E-state index is 0.319. The van der Waals surface area contributed by atoms with Crippen molar-refractivity contribution in [3.63, 3.8) is 0 Å². The molecule has 1 aliphatic rings. The third-order valence-electron chi connectivity index (χ3n) is 4.17. The lowest BCUT2D eigenvalue weighted by atomic mass is 9.94. The van der Waals surface area contributed by atoms with E-state index >= 15 is 0 Å². The number of hydrogen-bond donors (Lipinski definition) is 2. The number of aryl methyl sites for hydroxylation is 1. The molecule has 0 aliphatic heterocycles. The lowest BCUT2D eigenvalue weighted by Crippen LogP contribution is -2.26. The second-order valence-electron chi connectivity index (χ2n) is 5.44. The van der Waals surface area contributed by atoms with E-state index in [4.69, 9.17) is 18.0 Å². The number of hydrogen-bond acceptors (Lipinski definition) is 4. The Morgan fingerprint density at radius 3 is 2.79 bits per heavy atom. The van der Waals surface area contributed by atoms with Gasteiger partial charge in [-0.2, -0.15) is 0 Å². The zero-order valence-corrected chi connectivity index (χ0v) is 12.6. The Hall–Kier alpha value is -1.23. The molecule has 3 N–H and O–H groups in total. The molecule has 3 unspecified atom stereocenters. The average Bonchev–Trinajstić information content (AvgIpc) is 2.70. The quantitative estimate of drug-likeness (QED) is 0.829. The van der Waals surface area contributed by atoms with E-state index in [-0.39, 0.29) is 0 Å². The summed E-state index contributed by atoms with van der Waals surface area (Å²) in [4.78, 5) is 9.14. The van der Waals surface area contributed by atoms with Gasteiger partial charge in [0, 0.05) is 11.7 Å². The van der Waals surface area contributed by atoms with E-state index < -0.39 is 0 Å². The van der Waals surface area contributed by atoms with Gasteiger partial charge in [-0.05, 0) is 37.7 Å². The normalized spacial score (nSPS) is 26.4. The monoisotopic (exact) mass is 278 g/mol. The molecule has 1 saturated carbocycles. The molecule has 1 aromatic heterocycles. The Labute approximate surface area is 120 Å². The molecule has 5 heteroatoms. The highest BCUT2D eigenvalue weighted by molar-refractivity contribution is 7.80. The zero-order valence-electron chi connectivity index (χ0n) is 11.8. The van der Waals surface area contributed by atoms with E-state index in [0.29, 0.717) is 28.6 Å². The topological polar surface area (TPSA) is 63.8 Å². The van der Waals surface area contributed by atoms with Crippen LogP contribution >= 0.6 is 12.2 Å². The first kappa shape index (κ1) is 14.2. The van der Waals surface area contributed by atoms with E-state index in [1.807, 2.05) is 13.0 Å². The van der Waals surface area contributed by atoms with Gasteiger partial charge in [0.05, 0.1) is 0 Å². The van der Waals surface area contributed by atoms with E-state index in [1.165, 1.54) is 19.3 Å². The van der Waals surface area contributed by atoms with Crippen molar-refractivity contribution in [1.82, 2.24) is 9.97 Å². The van der Waals surface area contributed by atoms with Gasteiger partial charge in [0.15, 0.2) is 0 Å². The van der Waals surface area contributed by atoms with E-state index in [0.717, 1.165) is 11.6 Å². The highest BCUT2D eigenvalue weighted by Crippen LogP contribution is 2.35. The van der Waals surface area contributed by atoms with Crippen molar-refractivity contribution in [3.05, 3.63) is 17.5 Å². The third kappa shape index (κ3) is 3.21. The summed E-state index contributed by atoms with van der Waals surface area (Å²) in [6.07, 6.45) is 3.70. The average molecular weight is 278 g/mol. The van der Waals surface area contributed by atoms with Crippen LogP contribution in [0, 0.1) is 18.8 Å². The summed E-state index contributed by atoms with van der Waals surface area (Å²) < 4.78 is 0. The summed E-state index contributed by atoms with van der Waals surface area (Å²) in [6.45, 7) is 6.50. The molecule has 0 bridgehead atoms. The molecule has 0 saturated heterocycles. The van der Waals surface area contributed by atoms with Crippen LogP contribution in [0.5, 0.6) is 0 Å². The number of thiocarbonyl (C=S) groups is 1. The molecule has 1 aromatic rings.